The van der Waals surface area contributed by atoms with Gasteiger partial charge in [0.05, 0.1) is 29.8 Å². The molecule has 2 aromatic heterocycles. The topological polar surface area (TPSA) is 66.1 Å². The molecule has 3 heterocycles. The van der Waals surface area contributed by atoms with Crippen LogP contribution in [-0.2, 0) is 16.5 Å². The molecule has 2 unspecified atom stereocenters. The van der Waals surface area contributed by atoms with Crippen LogP contribution < -0.4 is 10.1 Å². The number of benzene rings is 1. The van der Waals surface area contributed by atoms with Crippen LogP contribution in [0.15, 0.2) is 30.5 Å². The second-order valence-electron chi connectivity index (χ2n) is 6.72. The van der Waals surface area contributed by atoms with Crippen LogP contribution in [0.2, 0.25) is 0 Å². The normalized spacial score (nSPS) is 20.4. The van der Waals surface area contributed by atoms with E-state index < -0.39 is 16.0 Å². The number of para-hydroxylation sites is 1. The minimum atomic E-state index is -2.71. The summed E-state index contributed by atoms with van der Waals surface area (Å²) in [6.45, 7) is 2.66. The molecule has 0 aliphatic carbocycles. The maximum absolute atomic E-state index is 14.4. The molecule has 1 aliphatic heterocycles. The first-order valence-electron chi connectivity index (χ1n) is 8.15. The summed E-state index contributed by atoms with van der Waals surface area (Å²) in [7, 11) is 2.87. The highest BCUT2D eigenvalue weighted by molar-refractivity contribution is 8.24. The molecule has 0 bridgehead atoms. The molecule has 132 valence electrons. The fourth-order valence-electron chi connectivity index (χ4n) is 3.45. The summed E-state index contributed by atoms with van der Waals surface area (Å²) in [5.74, 6) is 0.727. The maximum Gasteiger partial charge on any atom is 0.344 e. The third-order valence-corrected chi connectivity index (χ3v) is 12.6. The second kappa shape index (κ2) is 5.34. The SMILES string of the molecule is CC(C)c1ncc2n1S(=O)(N(C)C)=[p+]1c(c3ccccc3n1C)=C2[O-]. The first kappa shape index (κ1) is 16.6. The zero-order valence-electron chi connectivity index (χ0n) is 14.9. The molecule has 8 heteroatoms. The molecule has 4 rings (SSSR count). The van der Waals surface area contributed by atoms with Gasteiger partial charge in [-0.15, -0.1) is 0 Å². The van der Waals surface area contributed by atoms with E-state index in [1.165, 1.54) is 0 Å². The summed E-state index contributed by atoms with van der Waals surface area (Å²) in [6.07, 6.45) is 1.58. The molecule has 0 N–H and O–H groups in total. The summed E-state index contributed by atoms with van der Waals surface area (Å²) in [6, 6.07) is 7.82. The maximum atomic E-state index is 14.4. The zero-order chi connectivity index (χ0) is 18.1. The Morgan fingerprint density at radius 2 is 1.96 bits per heavy atom. The van der Waals surface area contributed by atoms with Crippen molar-refractivity contribution >= 4 is 32.6 Å². The minimum Gasteiger partial charge on any atom is -0.868 e. The predicted molar refractivity (Wildman–Crippen MR) is 101 cm³/mol. The Hall–Kier alpha value is -1.82. The summed E-state index contributed by atoms with van der Waals surface area (Å²) in [5.41, 5.74) is 1.40. The molecular weight excluding hydrogens is 355 g/mol. The first-order valence-corrected chi connectivity index (χ1v) is 11.5. The summed E-state index contributed by atoms with van der Waals surface area (Å²) >= 11 is 0. The Kier molecular flexibility index (Phi) is 3.55. The van der Waals surface area contributed by atoms with E-state index in [0.29, 0.717) is 16.5 Å². The fraction of sp³-hybridized carbons (Fsp3) is 0.353. The van der Waals surface area contributed by atoms with E-state index >= 15 is 0 Å². The first-order chi connectivity index (χ1) is 11.8. The lowest BCUT2D eigenvalue weighted by molar-refractivity contribution is -0.245. The number of imidazole rings is 1. The Morgan fingerprint density at radius 3 is 2.60 bits per heavy atom. The van der Waals surface area contributed by atoms with Crippen LogP contribution >= 0.6 is 6.47 Å². The number of aromatic nitrogens is 3. The lowest BCUT2D eigenvalue weighted by Crippen LogP contribution is -2.35. The van der Waals surface area contributed by atoms with Gasteiger partial charge < -0.3 is 5.11 Å². The minimum absolute atomic E-state index is 0.0527. The smallest absolute Gasteiger partial charge is 0.344 e. The molecule has 25 heavy (non-hydrogen) atoms. The number of nitrogens with zero attached hydrogens (tertiary/aromatic N) is 4. The monoisotopic (exact) mass is 376 g/mol. The van der Waals surface area contributed by atoms with Gasteiger partial charge in [-0.05, 0) is 17.9 Å². The highest BCUT2D eigenvalue weighted by Crippen LogP contribution is 2.35. The van der Waals surface area contributed by atoms with Crippen molar-refractivity contribution in [1.82, 2.24) is 17.6 Å². The van der Waals surface area contributed by atoms with Gasteiger partial charge in [-0.1, -0.05) is 26.0 Å². The number of fused-ring (bicyclic) bond motifs is 4. The van der Waals surface area contributed by atoms with Crippen LogP contribution in [0, 0.1) is 0 Å². The Bertz CT molecular complexity index is 1230. The van der Waals surface area contributed by atoms with E-state index in [1.54, 1.807) is 14.5 Å². The van der Waals surface area contributed by atoms with Crippen molar-refractivity contribution in [2.75, 3.05) is 14.1 Å². The van der Waals surface area contributed by atoms with Gasteiger partial charge in [0, 0.05) is 20.0 Å². The molecule has 0 radical (unpaired) electrons. The van der Waals surface area contributed by atoms with Gasteiger partial charge >= 0.3 is 6.47 Å². The van der Waals surface area contributed by atoms with Crippen LogP contribution in [-0.4, -0.2) is 35.9 Å². The summed E-state index contributed by atoms with van der Waals surface area (Å²) in [5, 5.41) is 14.2. The quantitative estimate of drug-likeness (QED) is 0.682. The lowest BCUT2D eigenvalue weighted by atomic mass is 10.2. The van der Waals surface area contributed by atoms with Gasteiger partial charge in [0.1, 0.15) is 5.82 Å². The van der Waals surface area contributed by atoms with Crippen molar-refractivity contribution in [3.05, 3.63) is 46.9 Å². The average Bonchev–Trinajstić information content (AvgIpc) is 3.14. The lowest BCUT2D eigenvalue weighted by Gasteiger charge is -2.23. The zero-order valence-corrected chi connectivity index (χ0v) is 16.6. The van der Waals surface area contributed by atoms with Crippen molar-refractivity contribution in [1.29, 1.82) is 0 Å². The molecule has 1 aromatic carbocycles. The van der Waals surface area contributed by atoms with Gasteiger partial charge in [-0.25, -0.2) is 8.96 Å². The van der Waals surface area contributed by atoms with E-state index in [2.05, 4.69) is 4.98 Å². The number of rotatable bonds is 2. The van der Waals surface area contributed by atoms with E-state index in [9.17, 15) is 9.32 Å². The van der Waals surface area contributed by atoms with Crippen molar-refractivity contribution in [3.63, 3.8) is 0 Å². The van der Waals surface area contributed by atoms with Crippen molar-refractivity contribution in [2.24, 2.45) is 7.05 Å². The standard InChI is InChI=1S/C17H21N4O2PS/c1-11(2)17-18-10-14-15(22)16-12-8-6-7-9-13(12)20(5)24(16)25(23,19(3)4)21(14)17/h6-11H,1-5H3. The average molecular weight is 376 g/mol. The van der Waals surface area contributed by atoms with E-state index in [0.717, 1.165) is 10.9 Å². The van der Waals surface area contributed by atoms with Gasteiger partial charge in [0.2, 0.25) is 0 Å². The Balaban J connectivity index is 2.43. The van der Waals surface area contributed by atoms with E-state index in [1.807, 2.05) is 63.6 Å². The predicted octanol–water partition coefficient (Wildman–Crippen LogP) is 1.58. The molecule has 0 saturated heterocycles. The number of hydrogen-bond acceptors (Lipinski definition) is 3. The van der Waals surface area contributed by atoms with Crippen LogP contribution in [0.4, 0.5) is 0 Å². The number of hydrogen-bond donors (Lipinski definition) is 0. The highest BCUT2D eigenvalue weighted by Gasteiger charge is 2.37. The molecule has 1 aliphatic rings. The third-order valence-electron chi connectivity index (χ3n) is 4.62. The summed E-state index contributed by atoms with van der Waals surface area (Å²) < 4.78 is 19.9. The fourth-order valence-corrected chi connectivity index (χ4v) is 11.4. The van der Waals surface area contributed by atoms with Gasteiger partial charge in [0.15, 0.2) is 4.95 Å². The second-order valence-corrected chi connectivity index (χ2v) is 12.8. The molecule has 3 aromatic rings. The molecule has 0 amide bonds. The van der Waals surface area contributed by atoms with E-state index in [4.69, 9.17) is 0 Å². The molecular formula is C17H21N4O2PS. The number of aryl methyl sites for hydroxylation is 1. The summed E-state index contributed by atoms with van der Waals surface area (Å²) in [4.78, 5) is 5.12. The van der Waals surface area contributed by atoms with Crippen LogP contribution in [0.1, 0.15) is 31.3 Å². The Morgan fingerprint density at radius 1 is 1.28 bits per heavy atom. The largest absolute Gasteiger partial charge is 0.868 e. The van der Waals surface area contributed by atoms with E-state index in [-0.39, 0.29) is 11.7 Å². The van der Waals surface area contributed by atoms with Crippen LogP contribution in [0.5, 0.6) is 0 Å². The molecule has 2 atom stereocenters. The third kappa shape index (κ3) is 1.94. The van der Waals surface area contributed by atoms with Gasteiger partial charge in [-0.2, -0.15) is 12.8 Å². The van der Waals surface area contributed by atoms with Crippen molar-refractivity contribution < 1.29 is 9.32 Å². The van der Waals surface area contributed by atoms with Crippen molar-refractivity contribution in [3.8, 4) is 0 Å². The highest BCUT2D eigenvalue weighted by atomic mass is 32.5. The molecule has 6 nitrogen and oxygen atoms in total. The Labute approximate surface area is 147 Å². The van der Waals surface area contributed by atoms with Gasteiger partial charge in [0.25, 0.3) is 9.48 Å². The van der Waals surface area contributed by atoms with Gasteiger partial charge in [-0.3, -0.25) is 0 Å². The molecule has 0 spiro atoms. The van der Waals surface area contributed by atoms with Crippen LogP contribution in [0.3, 0.4) is 0 Å². The molecule has 0 fully saturated rings. The molecule has 0 saturated carbocycles. The van der Waals surface area contributed by atoms with Crippen LogP contribution in [0.25, 0.3) is 16.7 Å². The van der Waals surface area contributed by atoms with Crippen molar-refractivity contribution in [2.45, 2.75) is 19.8 Å².